The fourth-order valence-electron chi connectivity index (χ4n) is 4.71. The van der Waals surface area contributed by atoms with Crippen molar-refractivity contribution in [2.75, 3.05) is 19.0 Å². The smallest absolute Gasteiger partial charge is 0.410 e. The molecule has 14 heteroatoms. The molecule has 1 aromatic carbocycles. The number of anilines is 1. The number of nitrogens with zero attached hydrogens (tertiary/aromatic N) is 4. The Labute approximate surface area is 248 Å². The number of carboxylic acids is 1. The molecule has 2 heterocycles. The summed E-state index contributed by atoms with van der Waals surface area (Å²) in [6.07, 6.45) is 0.873. The van der Waals surface area contributed by atoms with Gasteiger partial charge in [0.25, 0.3) is 11.5 Å². The lowest BCUT2D eigenvalue weighted by Gasteiger charge is -2.30. The minimum atomic E-state index is -1.04. The number of nitrogens with one attached hydrogen (secondary N) is 1. The second-order valence-corrected chi connectivity index (χ2v) is 11.4. The predicted octanol–water partition coefficient (Wildman–Crippen LogP) is 3.33. The van der Waals surface area contributed by atoms with Crippen LogP contribution in [0, 0.1) is 5.82 Å². The molecule has 0 bridgehead atoms. The molecule has 1 unspecified atom stereocenters. The molecule has 0 aliphatic carbocycles. The molecule has 43 heavy (non-hydrogen) atoms. The van der Waals surface area contributed by atoms with Gasteiger partial charge >= 0.3 is 12.1 Å². The number of carboxylic acid groups (broad SMARTS) is 1. The van der Waals surface area contributed by atoms with Gasteiger partial charge < -0.3 is 30.1 Å². The molecular weight excluding hydrogens is 565 g/mol. The number of aromatic nitrogens is 2. The van der Waals surface area contributed by atoms with E-state index in [9.17, 15) is 33.5 Å². The number of aromatic hydroxyl groups is 1. The zero-order valence-corrected chi connectivity index (χ0v) is 25.0. The maximum atomic E-state index is 14.1. The van der Waals surface area contributed by atoms with Gasteiger partial charge in [0, 0.05) is 40.0 Å². The fraction of sp³-hybridized carbons (Fsp3) is 0.517. The summed E-state index contributed by atoms with van der Waals surface area (Å²) in [4.78, 5) is 69.5. The number of halogens is 1. The van der Waals surface area contributed by atoms with Crippen molar-refractivity contribution in [3.63, 3.8) is 0 Å². The quantitative estimate of drug-likeness (QED) is 0.389. The van der Waals surface area contributed by atoms with Gasteiger partial charge in [-0.05, 0) is 64.2 Å². The van der Waals surface area contributed by atoms with E-state index >= 15 is 0 Å². The Morgan fingerprint density at radius 3 is 2.51 bits per heavy atom. The Bertz CT molecular complexity index is 1450. The van der Waals surface area contributed by atoms with Crippen LogP contribution in [0.2, 0.25) is 0 Å². The first-order valence-corrected chi connectivity index (χ1v) is 13.9. The molecule has 2 aromatic rings. The molecule has 3 amide bonds. The van der Waals surface area contributed by atoms with Crippen molar-refractivity contribution < 1.29 is 38.5 Å². The van der Waals surface area contributed by atoms with Crippen LogP contribution < -0.4 is 15.8 Å². The first kappa shape index (κ1) is 33.0. The van der Waals surface area contributed by atoms with Crippen LogP contribution in [0.15, 0.2) is 23.0 Å². The highest BCUT2D eigenvalue weighted by Gasteiger charge is 2.33. The highest BCUT2D eigenvalue weighted by atomic mass is 19.1. The Morgan fingerprint density at radius 2 is 1.86 bits per heavy atom. The molecule has 1 atom stereocenters. The number of hydrogen-bond donors (Lipinski definition) is 3. The molecule has 0 fully saturated rings. The van der Waals surface area contributed by atoms with Crippen LogP contribution >= 0.6 is 0 Å². The van der Waals surface area contributed by atoms with Crippen LogP contribution in [0.1, 0.15) is 87.2 Å². The van der Waals surface area contributed by atoms with E-state index in [2.05, 4.69) is 10.3 Å². The van der Waals surface area contributed by atoms with E-state index in [4.69, 9.17) is 9.84 Å². The predicted molar refractivity (Wildman–Crippen MR) is 153 cm³/mol. The van der Waals surface area contributed by atoms with Crippen molar-refractivity contribution in [3.8, 4) is 5.75 Å². The number of amides is 3. The van der Waals surface area contributed by atoms with Crippen molar-refractivity contribution in [1.29, 1.82) is 0 Å². The Kier molecular flexibility index (Phi) is 10.5. The summed E-state index contributed by atoms with van der Waals surface area (Å²) in [6, 6.07) is 2.92. The summed E-state index contributed by atoms with van der Waals surface area (Å²) in [5.74, 6) is -3.74. The highest BCUT2D eigenvalue weighted by Crippen LogP contribution is 2.30. The molecule has 0 saturated carbocycles. The molecule has 0 spiro atoms. The summed E-state index contributed by atoms with van der Waals surface area (Å²) in [7, 11) is 2.92. The summed E-state index contributed by atoms with van der Waals surface area (Å²) in [5.41, 5.74) is -1.63. The topological polar surface area (TPSA) is 171 Å². The number of carbonyl (C=O) groups excluding carboxylic acids is 3. The zero-order chi connectivity index (χ0) is 32.1. The van der Waals surface area contributed by atoms with Gasteiger partial charge in [0.1, 0.15) is 17.2 Å². The average molecular weight is 604 g/mol. The van der Waals surface area contributed by atoms with E-state index in [1.54, 1.807) is 20.8 Å². The van der Waals surface area contributed by atoms with Gasteiger partial charge in [-0.25, -0.2) is 14.2 Å². The van der Waals surface area contributed by atoms with Gasteiger partial charge in [-0.15, -0.1) is 0 Å². The third kappa shape index (κ3) is 8.30. The first-order chi connectivity index (χ1) is 20.1. The molecule has 13 nitrogen and oxygen atoms in total. The van der Waals surface area contributed by atoms with Gasteiger partial charge in [0.15, 0.2) is 5.69 Å². The lowest BCUT2D eigenvalue weighted by atomic mass is 10.1. The van der Waals surface area contributed by atoms with E-state index in [0.29, 0.717) is 24.8 Å². The summed E-state index contributed by atoms with van der Waals surface area (Å²) < 4.78 is 20.8. The molecule has 234 valence electrons. The number of ether oxygens (including phenoxy) is 1. The van der Waals surface area contributed by atoms with Crippen LogP contribution in [0.5, 0.6) is 5.75 Å². The van der Waals surface area contributed by atoms with E-state index in [-0.39, 0.29) is 43.9 Å². The molecule has 3 rings (SSSR count). The van der Waals surface area contributed by atoms with Crippen molar-refractivity contribution in [2.24, 2.45) is 0 Å². The Hall–Kier alpha value is -4.49. The number of rotatable bonds is 9. The first-order valence-electron chi connectivity index (χ1n) is 13.9. The molecule has 1 aliphatic heterocycles. The van der Waals surface area contributed by atoms with Crippen LogP contribution in [-0.2, 0) is 27.4 Å². The lowest BCUT2D eigenvalue weighted by molar-refractivity contribution is -0.137. The van der Waals surface area contributed by atoms with E-state index in [0.717, 1.165) is 12.1 Å². The third-order valence-corrected chi connectivity index (χ3v) is 6.95. The number of benzene rings is 1. The van der Waals surface area contributed by atoms with Crippen molar-refractivity contribution in [2.45, 2.75) is 84.0 Å². The molecular formula is C29H38FN5O8. The van der Waals surface area contributed by atoms with E-state index in [1.807, 2.05) is 0 Å². The third-order valence-electron chi connectivity index (χ3n) is 6.95. The van der Waals surface area contributed by atoms with Crippen LogP contribution in [0.4, 0.5) is 14.9 Å². The van der Waals surface area contributed by atoms with Gasteiger partial charge in [0.05, 0.1) is 11.7 Å². The molecule has 0 radical (unpaired) electrons. The lowest BCUT2D eigenvalue weighted by Crippen LogP contribution is -2.39. The number of fused-ring (bicyclic) bond motifs is 1. The molecule has 1 aromatic heterocycles. The minimum absolute atomic E-state index is 0.0825. The highest BCUT2D eigenvalue weighted by molar-refractivity contribution is 5.95. The van der Waals surface area contributed by atoms with E-state index < -0.39 is 58.3 Å². The SMILES string of the molecule is CN(C(=O)CCCC(=O)O)c1cc(F)ccc1CNC(=O)c1nc2n(c(=O)c1O)CCCCC2N(C)C(=O)OC(C)(C)C. The van der Waals surface area contributed by atoms with Crippen LogP contribution in [0.3, 0.4) is 0 Å². The van der Waals surface area contributed by atoms with Gasteiger partial charge in [-0.2, -0.15) is 0 Å². The van der Waals surface area contributed by atoms with Crippen molar-refractivity contribution in [3.05, 3.63) is 51.5 Å². The van der Waals surface area contributed by atoms with Crippen molar-refractivity contribution in [1.82, 2.24) is 19.8 Å². The zero-order valence-electron chi connectivity index (χ0n) is 25.0. The Morgan fingerprint density at radius 1 is 1.16 bits per heavy atom. The normalized spacial score (nSPS) is 14.7. The van der Waals surface area contributed by atoms with Crippen LogP contribution in [0.25, 0.3) is 0 Å². The Balaban J connectivity index is 1.88. The summed E-state index contributed by atoms with van der Waals surface area (Å²) >= 11 is 0. The van der Waals surface area contributed by atoms with E-state index in [1.165, 1.54) is 34.5 Å². The standard InChI is InChI=1S/C29H38FN5O8/c1-29(2,3)43-28(42)34(5)19-9-6-7-14-35-25(19)32-23(24(39)27(35)41)26(40)31-16-17-12-13-18(30)15-20(17)33(4)21(36)10-8-11-22(37)38/h12-13,15,19,39H,6-11,14,16H2,1-5H3,(H,31,40)(H,37,38). The van der Waals surface area contributed by atoms with Crippen LogP contribution in [-0.4, -0.2) is 68.2 Å². The number of hydrogen-bond acceptors (Lipinski definition) is 8. The number of aliphatic carboxylic acids is 1. The second-order valence-electron chi connectivity index (χ2n) is 11.4. The van der Waals surface area contributed by atoms with Gasteiger partial charge in [-0.1, -0.05) is 6.07 Å². The monoisotopic (exact) mass is 603 g/mol. The maximum absolute atomic E-state index is 14.1. The second kappa shape index (κ2) is 13.7. The largest absolute Gasteiger partial charge is 0.501 e. The minimum Gasteiger partial charge on any atom is -0.501 e. The fourth-order valence-corrected chi connectivity index (χ4v) is 4.71. The van der Waals surface area contributed by atoms with Gasteiger partial charge in [-0.3, -0.25) is 23.7 Å². The summed E-state index contributed by atoms with van der Waals surface area (Å²) in [6.45, 7) is 5.19. The molecule has 0 saturated heterocycles. The number of carbonyl (C=O) groups is 4. The molecule has 1 aliphatic rings. The van der Waals surface area contributed by atoms with Crippen molar-refractivity contribution >= 4 is 29.6 Å². The summed E-state index contributed by atoms with van der Waals surface area (Å²) in [5, 5.41) is 22.0. The van der Waals surface area contributed by atoms with Gasteiger partial charge in [0.2, 0.25) is 11.7 Å². The average Bonchev–Trinajstić information content (AvgIpc) is 3.14. The molecule has 3 N–H and O–H groups in total. The maximum Gasteiger partial charge on any atom is 0.410 e.